The van der Waals surface area contributed by atoms with E-state index in [9.17, 15) is 5.11 Å². The van der Waals surface area contributed by atoms with Gasteiger partial charge in [0.25, 0.3) is 0 Å². The smallest absolute Gasteiger partial charge is 0.0526 e. The summed E-state index contributed by atoms with van der Waals surface area (Å²) in [5, 5.41) is 12.9. The normalized spacial score (nSPS) is 16.1. The Morgan fingerprint density at radius 3 is 2.15 bits per heavy atom. The van der Waals surface area contributed by atoms with Crippen LogP contribution in [0.1, 0.15) is 51.3 Å². The van der Waals surface area contributed by atoms with Gasteiger partial charge >= 0.3 is 0 Å². The van der Waals surface area contributed by atoms with Gasteiger partial charge in [-0.05, 0) is 43.7 Å². The van der Waals surface area contributed by atoms with Gasteiger partial charge in [-0.2, -0.15) is 0 Å². The molecule has 0 aromatic heterocycles. The number of hydrogen-bond acceptors (Lipinski definition) is 3. The molecule has 0 saturated heterocycles. The van der Waals surface area contributed by atoms with Crippen molar-refractivity contribution in [1.29, 1.82) is 0 Å². The van der Waals surface area contributed by atoms with Crippen LogP contribution in [0, 0.1) is 5.92 Å². The van der Waals surface area contributed by atoms with Gasteiger partial charge in [0.2, 0.25) is 0 Å². The first kappa shape index (κ1) is 17.2. The van der Waals surface area contributed by atoms with Crippen LogP contribution >= 0.6 is 0 Å². The molecule has 0 aliphatic carbocycles. The molecule has 3 heteroatoms. The summed E-state index contributed by atoms with van der Waals surface area (Å²) in [6.45, 7) is 8.93. The second-order valence-corrected chi connectivity index (χ2v) is 6.28. The molecule has 0 aliphatic rings. The topological polar surface area (TPSA) is 58.3 Å². The van der Waals surface area contributed by atoms with E-state index in [0.717, 1.165) is 12.8 Å². The summed E-state index contributed by atoms with van der Waals surface area (Å²) in [6, 6.07) is 9.11. The second kappa shape index (κ2) is 8.40. The zero-order valence-corrected chi connectivity index (χ0v) is 13.3. The predicted molar refractivity (Wildman–Crippen MR) is 85.7 cm³/mol. The third kappa shape index (κ3) is 6.04. The fourth-order valence-corrected chi connectivity index (χ4v) is 2.58. The Labute approximate surface area is 123 Å². The molecule has 4 N–H and O–H groups in total. The van der Waals surface area contributed by atoms with Crippen LogP contribution in [0.5, 0.6) is 0 Å². The van der Waals surface area contributed by atoms with Crippen molar-refractivity contribution in [1.82, 2.24) is 5.32 Å². The maximum atomic E-state index is 9.43. The van der Waals surface area contributed by atoms with Crippen molar-refractivity contribution in [3.63, 3.8) is 0 Å². The summed E-state index contributed by atoms with van der Waals surface area (Å²) in [5.41, 5.74) is 8.47. The summed E-state index contributed by atoms with van der Waals surface area (Å²) in [6.07, 6.45) is 1.56. The number of hydrogen-bond donors (Lipinski definition) is 3. The molecule has 0 aliphatic heterocycles. The molecule has 114 valence electrons. The quantitative estimate of drug-likeness (QED) is 0.685. The Morgan fingerprint density at radius 2 is 1.70 bits per heavy atom. The lowest BCUT2D eigenvalue weighted by molar-refractivity contribution is 0.168. The molecule has 0 heterocycles. The minimum Gasteiger partial charge on any atom is -0.393 e. The molecular weight excluding hydrogens is 248 g/mol. The molecule has 3 nitrogen and oxygen atoms in total. The fraction of sp³-hybridized carbons (Fsp3) is 0.647. The number of nitrogens with two attached hydrogens (primary N) is 1. The maximum Gasteiger partial charge on any atom is 0.0526 e. The van der Waals surface area contributed by atoms with Gasteiger partial charge in [-0.3, -0.25) is 0 Å². The van der Waals surface area contributed by atoms with Gasteiger partial charge in [-0.15, -0.1) is 0 Å². The van der Waals surface area contributed by atoms with E-state index >= 15 is 0 Å². The molecule has 1 aromatic carbocycles. The van der Waals surface area contributed by atoms with Crippen LogP contribution in [0.3, 0.4) is 0 Å². The van der Waals surface area contributed by atoms with Crippen LogP contribution in [-0.4, -0.2) is 23.8 Å². The van der Waals surface area contributed by atoms with Gasteiger partial charge in [0.1, 0.15) is 0 Å². The van der Waals surface area contributed by atoms with Crippen LogP contribution in [0.2, 0.25) is 0 Å². The Bertz CT molecular complexity index is 373. The first-order chi connectivity index (χ1) is 9.42. The molecule has 0 fully saturated rings. The van der Waals surface area contributed by atoms with E-state index in [0.29, 0.717) is 12.5 Å². The third-order valence-electron chi connectivity index (χ3n) is 3.44. The summed E-state index contributed by atoms with van der Waals surface area (Å²) in [7, 11) is 0. The van der Waals surface area contributed by atoms with Crippen LogP contribution in [0.15, 0.2) is 24.3 Å². The van der Waals surface area contributed by atoms with E-state index in [1.165, 1.54) is 11.1 Å². The Balaban J connectivity index is 2.65. The fourth-order valence-electron chi connectivity index (χ4n) is 2.58. The summed E-state index contributed by atoms with van der Waals surface area (Å²) in [5.74, 6) is 0.676. The van der Waals surface area contributed by atoms with E-state index < -0.39 is 0 Å². The summed E-state index contributed by atoms with van der Waals surface area (Å²) >= 11 is 0. The molecule has 0 radical (unpaired) electrons. The molecule has 0 saturated carbocycles. The first-order valence-corrected chi connectivity index (χ1v) is 7.65. The SMILES string of the molecule is CC(C)Cc1ccc(C(CN)NC(C)CC(C)O)cc1. The summed E-state index contributed by atoms with van der Waals surface area (Å²) in [4.78, 5) is 0. The molecule has 1 aromatic rings. The van der Waals surface area contributed by atoms with Crippen molar-refractivity contribution in [2.75, 3.05) is 6.54 Å². The van der Waals surface area contributed by atoms with E-state index in [1.54, 1.807) is 0 Å². The average molecular weight is 278 g/mol. The van der Waals surface area contributed by atoms with Gasteiger partial charge in [-0.1, -0.05) is 38.1 Å². The van der Waals surface area contributed by atoms with Crippen LogP contribution in [0.4, 0.5) is 0 Å². The average Bonchev–Trinajstić information content (AvgIpc) is 2.35. The molecule has 20 heavy (non-hydrogen) atoms. The zero-order valence-electron chi connectivity index (χ0n) is 13.3. The van der Waals surface area contributed by atoms with Crippen molar-refractivity contribution in [3.8, 4) is 0 Å². The van der Waals surface area contributed by atoms with Crippen LogP contribution in [0.25, 0.3) is 0 Å². The summed E-state index contributed by atoms with van der Waals surface area (Å²) < 4.78 is 0. The van der Waals surface area contributed by atoms with Crippen molar-refractivity contribution in [2.45, 2.75) is 58.7 Å². The second-order valence-electron chi connectivity index (χ2n) is 6.28. The van der Waals surface area contributed by atoms with E-state index in [1.807, 2.05) is 6.92 Å². The Morgan fingerprint density at radius 1 is 1.10 bits per heavy atom. The van der Waals surface area contributed by atoms with Gasteiger partial charge in [0.05, 0.1) is 6.10 Å². The minimum atomic E-state index is -0.288. The molecule has 0 amide bonds. The van der Waals surface area contributed by atoms with Crippen LogP contribution in [-0.2, 0) is 6.42 Å². The number of benzene rings is 1. The number of aliphatic hydroxyl groups is 1. The van der Waals surface area contributed by atoms with Crippen molar-refractivity contribution in [3.05, 3.63) is 35.4 Å². The largest absolute Gasteiger partial charge is 0.393 e. The van der Waals surface area contributed by atoms with Crippen molar-refractivity contribution >= 4 is 0 Å². The molecule has 0 spiro atoms. The highest BCUT2D eigenvalue weighted by atomic mass is 16.3. The maximum absolute atomic E-state index is 9.43. The number of nitrogens with one attached hydrogen (secondary N) is 1. The first-order valence-electron chi connectivity index (χ1n) is 7.65. The predicted octanol–water partition coefficient (Wildman–Crippen LogP) is 2.63. The van der Waals surface area contributed by atoms with Gasteiger partial charge in [0, 0.05) is 18.6 Å². The van der Waals surface area contributed by atoms with Crippen molar-refractivity contribution < 1.29 is 5.11 Å². The standard InChI is InChI=1S/C17H30N2O/c1-12(2)9-15-5-7-16(8-6-15)17(11-18)19-13(3)10-14(4)20/h5-8,12-14,17,19-20H,9-11,18H2,1-4H3. The highest BCUT2D eigenvalue weighted by Crippen LogP contribution is 2.16. The lowest BCUT2D eigenvalue weighted by Gasteiger charge is -2.23. The Hall–Kier alpha value is -0.900. The monoisotopic (exact) mass is 278 g/mol. The minimum absolute atomic E-state index is 0.150. The molecule has 0 bridgehead atoms. The number of rotatable bonds is 8. The lowest BCUT2D eigenvalue weighted by atomic mass is 9.99. The highest BCUT2D eigenvalue weighted by Gasteiger charge is 2.14. The zero-order chi connectivity index (χ0) is 15.1. The van der Waals surface area contributed by atoms with Gasteiger partial charge < -0.3 is 16.2 Å². The third-order valence-corrected chi connectivity index (χ3v) is 3.44. The van der Waals surface area contributed by atoms with Crippen molar-refractivity contribution in [2.24, 2.45) is 11.7 Å². The van der Waals surface area contributed by atoms with Crippen LogP contribution < -0.4 is 11.1 Å². The molecule has 1 rings (SSSR count). The van der Waals surface area contributed by atoms with E-state index in [2.05, 4.69) is 50.4 Å². The molecule has 3 atom stereocenters. The Kier molecular flexibility index (Phi) is 7.20. The highest BCUT2D eigenvalue weighted by molar-refractivity contribution is 5.25. The lowest BCUT2D eigenvalue weighted by Crippen LogP contribution is -2.36. The van der Waals surface area contributed by atoms with E-state index in [-0.39, 0.29) is 18.2 Å². The van der Waals surface area contributed by atoms with E-state index in [4.69, 9.17) is 5.73 Å². The number of aliphatic hydroxyl groups excluding tert-OH is 1. The van der Waals surface area contributed by atoms with Gasteiger partial charge in [-0.25, -0.2) is 0 Å². The van der Waals surface area contributed by atoms with Gasteiger partial charge in [0.15, 0.2) is 0 Å². The molecular formula is C17H30N2O. The molecule has 3 unspecified atom stereocenters.